The minimum absolute atomic E-state index is 0.0240. The first-order chi connectivity index (χ1) is 58.7. The third kappa shape index (κ3) is 17.1. The minimum atomic E-state index is -1.98. The zero-order chi connectivity index (χ0) is 85.8. The number of benzene rings is 7. The van der Waals surface area contributed by atoms with Crippen LogP contribution in [0.25, 0.3) is 0 Å². The summed E-state index contributed by atoms with van der Waals surface area (Å²) >= 11 is 0. The van der Waals surface area contributed by atoms with Crippen molar-refractivity contribution in [1.82, 2.24) is 0 Å². The molecule has 15 rings (SSSR count). The summed E-state index contributed by atoms with van der Waals surface area (Å²) in [5.41, 5.74) is -0.0998. The molecule has 7 aromatic rings. The summed E-state index contributed by atoms with van der Waals surface area (Å²) in [7, 11) is 0. The largest absolute Gasteiger partial charge is 0.461 e. The molecule has 0 bridgehead atoms. The molecule has 3 saturated heterocycles. The molecule has 3 heterocycles. The molecule has 1 N–H and O–H groups in total. The van der Waals surface area contributed by atoms with Gasteiger partial charge in [0.05, 0.1) is 63.2 Å². The highest BCUT2D eigenvalue weighted by molar-refractivity contribution is 5.93. The van der Waals surface area contributed by atoms with Gasteiger partial charge in [0.15, 0.2) is 55.5 Å². The first-order valence-corrected chi connectivity index (χ1v) is 42.5. The smallest absolute Gasteiger partial charge is 0.338 e. The van der Waals surface area contributed by atoms with Gasteiger partial charge < -0.3 is 71.4 Å². The Balaban J connectivity index is 0.809. The van der Waals surface area contributed by atoms with Crippen LogP contribution in [-0.4, -0.2) is 165 Å². The van der Waals surface area contributed by atoms with Gasteiger partial charge in [-0.3, -0.25) is 4.79 Å². The third-order valence-electron chi connectivity index (χ3n) is 28.3. The van der Waals surface area contributed by atoms with Gasteiger partial charge in [0.1, 0.15) is 37.6 Å². The Kier molecular flexibility index (Phi) is 25.9. The van der Waals surface area contributed by atoms with Crippen LogP contribution in [0.15, 0.2) is 237 Å². The number of allylic oxidation sites excluding steroid dienone is 1. The van der Waals surface area contributed by atoms with Crippen LogP contribution in [0.3, 0.4) is 0 Å². The normalized spacial score (nSPS) is 33.6. The van der Waals surface area contributed by atoms with E-state index in [9.17, 15) is 43.5 Å². The van der Waals surface area contributed by atoms with E-state index in [-0.39, 0.29) is 97.4 Å². The number of carbonyl (C=O) groups is 8. The summed E-state index contributed by atoms with van der Waals surface area (Å²) in [6, 6.07) is 55.8. The molecule has 3 aliphatic heterocycles. The molecule has 7 aromatic carbocycles. The van der Waals surface area contributed by atoms with Crippen molar-refractivity contribution < 1.29 is 110 Å². The maximum absolute atomic E-state index is 15.0. The standard InChI is InChI=1S/C99H108O23/c1-10-56-109-94(108)99-53-48-68(59(2)3)75(99)69-46-47-73-96(7)51-50-74(95(5,6)72(96)49-52-98(73,9)97(69,8)54-55-99)115-91-79(122-92-82(120-89(106)66-42-28-16-29-43-66)80(118-87(104)64-38-24-14-25-39-64)77(60(4)112-92)116-85(102)62-34-20-12-21-35-62)76(100)70(57-111-91)113-93-83(121-90(107)67-44-30-17-31-45-67)81(119-88(105)65-40-26-15-27-41-65)78(117-86(103)63-36-22-13-23-37-63)71(114-93)58-110-84(101)61-32-18-11-19-33-61/h10-45,60,68-83,91-93,100H,1-2,46-58H2,3-9H3/t60-,68-,69+,70-,71+,72-,73+,74-,75+,76-,77-,78+,79+,80+,81-,82+,83+,91-,92-,93+,96-,97+,98+,99-/m0/s1. The van der Waals surface area contributed by atoms with E-state index in [1.54, 1.807) is 153 Å². The van der Waals surface area contributed by atoms with Crippen molar-refractivity contribution in [2.75, 3.05) is 19.8 Å². The Morgan fingerprint density at radius 1 is 0.434 bits per heavy atom. The summed E-state index contributed by atoms with van der Waals surface area (Å²) in [5.74, 6) is -5.69. The van der Waals surface area contributed by atoms with Crippen molar-refractivity contribution in [3.63, 3.8) is 0 Å². The highest BCUT2D eigenvalue weighted by atomic mass is 16.8. The first-order valence-electron chi connectivity index (χ1n) is 42.5. The van der Waals surface area contributed by atoms with Gasteiger partial charge in [-0.2, -0.15) is 0 Å². The summed E-state index contributed by atoms with van der Waals surface area (Å²) in [6.45, 7) is 22.9. The zero-order valence-corrected chi connectivity index (χ0v) is 69.9. The fraction of sp³-hybridized carbons (Fsp3) is 0.455. The number of esters is 8. The molecule has 0 unspecified atom stereocenters. The molecule has 0 amide bonds. The Hall–Kier alpha value is -10.5. The van der Waals surface area contributed by atoms with Crippen molar-refractivity contribution in [1.29, 1.82) is 0 Å². The fourth-order valence-electron chi connectivity index (χ4n) is 22.1. The first kappa shape index (κ1) is 86.4. The molecule has 8 fully saturated rings. The molecular formula is C99H108O23. The second-order valence-electron chi connectivity index (χ2n) is 35.3. The number of hydrogen-bond acceptors (Lipinski definition) is 23. The molecule has 5 saturated carbocycles. The minimum Gasteiger partial charge on any atom is -0.461 e. The molecule has 23 heteroatoms. The molecule has 0 radical (unpaired) electrons. The second kappa shape index (κ2) is 36.5. The van der Waals surface area contributed by atoms with Gasteiger partial charge in [-0.25, -0.2) is 33.6 Å². The predicted octanol–water partition coefficient (Wildman–Crippen LogP) is 15.9. The SMILES string of the molecule is C=CCOC(=O)[C@]12CC[C@@H](C(=C)C)[C@@H]1[C@H]1CC[C@@H]3[C@@]4(C)CC[C@H](O[C@@H]5OC[C@H](O[C@@H]6O[C@H](COC(=O)c7ccccc7)[C@@H](OC(=O)c7ccccc7)[C@H](OC(=O)c7ccccc7)[C@H]6OC(=O)c6ccccc6)[C@H](O)[C@H]5O[C@@H]5O[C@@H](C)[C@H](OC(=O)c6ccccc6)[C@@H](OC(=O)c6ccccc6)[C@H]5OC(=O)c5ccccc5)C(C)(C)[C@@H]4CC[C@@]3(C)[C@]1(C)CC2. The molecule has 8 aliphatic rings. The van der Waals surface area contributed by atoms with Crippen LogP contribution >= 0.6 is 0 Å². The third-order valence-corrected chi connectivity index (χ3v) is 28.3. The number of rotatable bonds is 25. The summed E-state index contributed by atoms with van der Waals surface area (Å²) in [5, 5.41) is 13.9. The van der Waals surface area contributed by atoms with E-state index in [0.717, 1.165) is 63.4 Å². The monoisotopic (exact) mass is 1660 g/mol. The average Bonchev–Trinajstić information content (AvgIpc) is 0.939. The van der Waals surface area contributed by atoms with Gasteiger partial charge in [-0.05, 0) is 214 Å². The molecule has 23 nitrogen and oxygen atoms in total. The molecule has 122 heavy (non-hydrogen) atoms. The van der Waals surface area contributed by atoms with E-state index >= 15 is 0 Å². The van der Waals surface area contributed by atoms with Crippen molar-refractivity contribution in [2.45, 2.75) is 205 Å². The van der Waals surface area contributed by atoms with Gasteiger partial charge in [-0.15, -0.1) is 0 Å². The Bertz CT molecular complexity index is 4880. The molecule has 642 valence electrons. The van der Waals surface area contributed by atoms with Crippen LogP contribution in [0.5, 0.6) is 0 Å². The number of fused-ring (bicyclic) bond motifs is 7. The lowest BCUT2D eigenvalue weighted by atomic mass is 9.32. The summed E-state index contributed by atoms with van der Waals surface area (Å²) in [6.07, 6.45) is -15.3. The van der Waals surface area contributed by atoms with Crippen LogP contribution < -0.4 is 0 Å². The van der Waals surface area contributed by atoms with Crippen LogP contribution in [0, 0.1) is 56.7 Å². The summed E-state index contributed by atoms with van der Waals surface area (Å²) < 4.78 is 93.3. The van der Waals surface area contributed by atoms with Crippen LogP contribution in [0.1, 0.15) is 185 Å². The van der Waals surface area contributed by atoms with E-state index in [4.69, 9.17) is 66.3 Å². The molecule has 24 atom stereocenters. The number of hydrogen-bond donors (Lipinski definition) is 1. The van der Waals surface area contributed by atoms with Gasteiger partial charge in [0.25, 0.3) is 0 Å². The average molecular weight is 1670 g/mol. The van der Waals surface area contributed by atoms with E-state index in [1.165, 1.54) is 72.8 Å². The lowest BCUT2D eigenvalue weighted by Gasteiger charge is -2.73. The lowest BCUT2D eigenvalue weighted by Crippen LogP contribution is -2.68. The summed E-state index contributed by atoms with van der Waals surface area (Å²) in [4.78, 5) is 117. The van der Waals surface area contributed by atoms with Crippen molar-refractivity contribution in [3.05, 3.63) is 276 Å². The quantitative estimate of drug-likeness (QED) is 0.0241. The number of carbonyl (C=O) groups excluding carboxylic acids is 8. The van der Waals surface area contributed by atoms with Crippen molar-refractivity contribution in [3.8, 4) is 0 Å². The Labute approximate surface area is 711 Å². The fourth-order valence-corrected chi connectivity index (χ4v) is 22.1. The zero-order valence-electron chi connectivity index (χ0n) is 69.9. The van der Waals surface area contributed by atoms with E-state index < -0.39 is 158 Å². The molecule has 0 aromatic heterocycles. The van der Waals surface area contributed by atoms with E-state index in [1.807, 2.05) is 0 Å². The maximum atomic E-state index is 15.0. The number of aliphatic hydroxyl groups is 1. The number of ether oxygens (including phenoxy) is 14. The predicted molar refractivity (Wildman–Crippen MR) is 444 cm³/mol. The van der Waals surface area contributed by atoms with Crippen LogP contribution in [0.4, 0.5) is 0 Å². The topological polar surface area (TPSA) is 286 Å². The highest BCUT2D eigenvalue weighted by Crippen LogP contribution is 2.78. The second-order valence-corrected chi connectivity index (χ2v) is 35.3. The van der Waals surface area contributed by atoms with Crippen molar-refractivity contribution >= 4 is 47.8 Å². The van der Waals surface area contributed by atoms with E-state index in [2.05, 4.69) is 54.7 Å². The van der Waals surface area contributed by atoms with Crippen LogP contribution in [0.2, 0.25) is 0 Å². The van der Waals surface area contributed by atoms with Gasteiger partial charge in [-0.1, -0.05) is 187 Å². The Morgan fingerprint density at radius 3 is 1.34 bits per heavy atom. The van der Waals surface area contributed by atoms with Crippen molar-refractivity contribution in [2.24, 2.45) is 56.7 Å². The van der Waals surface area contributed by atoms with Gasteiger partial charge in [0.2, 0.25) is 0 Å². The van der Waals surface area contributed by atoms with E-state index in [0.29, 0.717) is 6.42 Å². The van der Waals surface area contributed by atoms with Crippen LogP contribution in [-0.2, 0) is 71.1 Å². The van der Waals surface area contributed by atoms with Gasteiger partial charge in [0, 0.05) is 0 Å². The highest BCUT2D eigenvalue weighted by Gasteiger charge is 2.73. The Morgan fingerprint density at radius 2 is 0.869 bits per heavy atom. The van der Waals surface area contributed by atoms with Gasteiger partial charge >= 0.3 is 47.8 Å². The maximum Gasteiger partial charge on any atom is 0.338 e. The molecule has 0 spiro atoms. The molecular weight excluding hydrogens is 1560 g/mol. The molecule has 5 aliphatic carbocycles. The number of aliphatic hydroxyl groups excluding tert-OH is 1. The lowest BCUT2D eigenvalue weighted by molar-refractivity contribution is -0.379.